The molecule has 1 aromatic carbocycles. The van der Waals surface area contributed by atoms with E-state index in [9.17, 15) is 9.18 Å². The van der Waals surface area contributed by atoms with Crippen molar-refractivity contribution in [3.05, 3.63) is 41.0 Å². The standard InChI is InChI=1S/C13H13FN6O/c1-8(12-17-19-20-18-12)16-13(21)10-5-4-9(3-2-6-15)11(14)7-10/h4-5,7-8H,6,15H2,1H3,(H,16,21)(H,17,18,19,20). The molecular formula is C13H13FN6O. The zero-order valence-electron chi connectivity index (χ0n) is 11.2. The van der Waals surface area contributed by atoms with E-state index >= 15 is 0 Å². The highest BCUT2D eigenvalue weighted by Crippen LogP contribution is 2.11. The van der Waals surface area contributed by atoms with E-state index in [1.165, 1.54) is 12.1 Å². The topological polar surface area (TPSA) is 110 Å². The Balaban J connectivity index is 2.11. The molecule has 4 N–H and O–H groups in total. The number of amides is 1. The minimum Gasteiger partial charge on any atom is -0.342 e. The largest absolute Gasteiger partial charge is 0.342 e. The first-order valence-corrected chi connectivity index (χ1v) is 6.14. The third kappa shape index (κ3) is 3.61. The minimum atomic E-state index is -0.573. The lowest BCUT2D eigenvalue weighted by Gasteiger charge is -2.10. The molecule has 0 aliphatic heterocycles. The van der Waals surface area contributed by atoms with E-state index < -0.39 is 17.8 Å². The van der Waals surface area contributed by atoms with Gasteiger partial charge in [-0.2, -0.15) is 5.21 Å². The van der Waals surface area contributed by atoms with Crippen molar-refractivity contribution in [2.24, 2.45) is 5.73 Å². The number of rotatable bonds is 3. The number of hydrogen-bond donors (Lipinski definition) is 3. The van der Waals surface area contributed by atoms with Gasteiger partial charge in [0.15, 0.2) is 5.82 Å². The van der Waals surface area contributed by atoms with Gasteiger partial charge in [0.25, 0.3) is 5.91 Å². The summed E-state index contributed by atoms with van der Waals surface area (Å²) >= 11 is 0. The summed E-state index contributed by atoms with van der Waals surface area (Å²) in [6.07, 6.45) is 0. The van der Waals surface area contributed by atoms with Gasteiger partial charge in [0.2, 0.25) is 0 Å². The van der Waals surface area contributed by atoms with Gasteiger partial charge in [0, 0.05) is 5.56 Å². The average molecular weight is 288 g/mol. The molecule has 108 valence electrons. The van der Waals surface area contributed by atoms with E-state index in [0.717, 1.165) is 6.07 Å². The van der Waals surface area contributed by atoms with Crippen LogP contribution in [-0.2, 0) is 0 Å². The molecule has 1 heterocycles. The molecule has 0 aliphatic rings. The van der Waals surface area contributed by atoms with E-state index in [1.807, 2.05) is 0 Å². The lowest BCUT2D eigenvalue weighted by atomic mass is 10.1. The summed E-state index contributed by atoms with van der Waals surface area (Å²) in [5, 5.41) is 15.9. The van der Waals surface area contributed by atoms with Crippen molar-refractivity contribution in [3.63, 3.8) is 0 Å². The number of H-pyrrole nitrogens is 1. The second-order valence-electron chi connectivity index (χ2n) is 4.17. The Kier molecular flexibility index (Phi) is 4.58. The average Bonchev–Trinajstić information content (AvgIpc) is 3.00. The van der Waals surface area contributed by atoms with Crippen LogP contribution in [0.1, 0.15) is 34.7 Å². The predicted molar refractivity (Wildman–Crippen MR) is 72.4 cm³/mol. The monoisotopic (exact) mass is 288 g/mol. The van der Waals surface area contributed by atoms with E-state index in [2.05, 4.69) is 37.8 Å². The van der Waals surface area contributed by atoms with Crippen LogP contribution in [0.4, 0.5) is 4.39 Å². The van der Waals surface area contributed by atoms with Crippen LogP contribution in [-0.4, -0.2) is 33.1 Å². The fourth-order valence-corrected chi connectivity index (χ4v) is 1.60. The van der Waals surface area contributed by atoms with Gasteiger partial charge < -0.3 is 11.1 Å². The van der Waals surface area contributed by atoms with Crippen molar-refractivity contribution in [3.8, 4) is 11.8 Å². The fraction of sp³-hybridized carbons (Fsp3) is 0.231. The van der Waals surface area contributed by atoms with Gasteiger partial charge in [0.1, 0.15) is 5.82 Å². The zero-order chi connectivity index (χ0) is 15.2. The number of nitrogens with two attached hydrogens (primary N) is 1. The first-order chi connectivity index (χ1) is 10.1. The highest BCUT2D eigenvalue weighted by molar-refractivity contribution is 5.94. The van der Waals surface area contributed by atoms with Crippen molar-refractivity contribution < 1.29 is 9.18 Å². The van der Waals surface area contributed by atoms with Gasteiger partial charge in [-0.1, -0.05) is 17.1 Å². The van der Waals surface area contributed by atoms with Gasteiger partial charge in [-0.3, -0.25) is 4.79 Å². The SMILES string of the molecule is CC(NC(=O)c1ccc(C#CCN)c(F)c1)c1nn[nH]n1. The summed E-state index contributed by atoms with van der Waals surface area (Å²) in [6, 6.07) is 3.60. The van der Waals surface area contributed by atoms with Crippen LogP contribution in [0, 0.1) is 17.7 Å². The van der Waals surface area contributed by atoms with Gasteiger partial charge in [-0.15, -0.1) is 10.2 Å². The van der Waals surface area contributed by atoms with Gasteiger partial charge in [-0.25, -0.2) is 4.39 Å². The number of tetrazole rings is 1. The van der Waals surface area contributed by atoms with Gasteiger partial charge in [0.05, 0.1) is 18.2 Å². The molecule has 21 heavy (non-hydrogen) atoms. The van der Waals surface area contributed by atoms with Crippen molar-refractivity contribution >= 4 is 5.91 Å². The second kappa shape index (κ2) is 6.58. The molecule has 0 radical (unpaired) electrons. The Bertz CT molecular complexity index is 688. The molecule has 1 unspecified atom stereocenters. The third-order valence-corrected chi connectivity index (χ3v) is 2.65. The molecular weight excluding hydrogens is 275 g/mol. The quantitative estimate of drug-likeness (QED) is 0.696. The summed E-state index contributed by atoms with van der Waals surface area (Å²) < 4.78 is 13.8. The number of aromatic nitrogens is 4. The molecule has 1 amide bonds. The summed E-state index contributed by atoms with van der Waals surface area (Å²) in [5.41, 5.74) is 5.61. The smallest absolute Gasteiger partial charge is 0.251 e. The maximum Gasteiger partial charge on any atom is 0.251 e. The first kappa shape index (κ1) is 14.6. The minimum absolute atomic E-state index is 0.143. The van der Waals surface area contributed by atoms with E-state index in [1.54, 1.807) is 6.92 Å². The van der Waals surface area contributed by atoms with Crippen LogP contribution in [0.2, 0.25) is 0 Å². The van der Waals surface area contributed by atoms with Crippen LogP contribution in [0.3, 0.4) is 0 Å². The van der Waals surface area contributed by atoms with Crippen LogP contribution in [0.25, 0.3) is 0 Å². The summed E-state index contributed by atoms with van der Waals surface area (Å²) in [4.78, 5) is 12.0. The summed E-state index contributed by atoms with van der Waals surface area (Å²) in [5.74, 6) is 4.47. The van der Waals surface area contributed by atoms with Crippen molar-refractivity contribution in [1.82, 2.24) is 25.9 Å². The fourth-order valence-electron chi connectivity index (χ4n) is 1.60. The zero-order valence-corrected chi connectivity index (χ0v) is 11.2. The summed E-state index contributed by atoms with van der Waals surface area (Å²) in [7, 11) is 0. The highest BCUT2D eigenvalue weighted by Gasteiger charge is 2.15. The second-order valence-corrected chi connectivity index (χ2v) is 4.17. The molecule has 2 rings (SSSR count). The first-order valence-electron chi connectivity index (χ1n) is 6.14. The normalized spacial score (nSPS) is 11.4. The molecule has 0 fully saturated rings. The van der Waals surface area contributed by atoms with E-state index in [-0.39, 0.29) is 17.7 Å². The number of aromatic amines is 1. The number of nitrogens with zero attached hydrogens (tertiary/aromatic N) is 3. The van der Waals surface area contributed by atoms with Crippen LogP contribution >= 0.6 is 0 Å². The number of carbonyl (C=O) groups excluding carboxylic acids is 1. The van der Waals surface area contributed by atoms with Crippen molar-refractivity contribution in [2.75, 3.05) is 6.54 Å². The Morgan fingerprint density at radius 2 is 2.38 bits per heavy atom. The number of hydrogen-bond acceptors (Lipinski definition) is 5. The number of carbonyl (C=O) groups is 1. The molecule has 2 aromatic rings. The Morgan fingerprint density at radius 3 is 3.00 bits per heavy atom. The molecule has 8 heteroatoms. The molecule has 0 saturated heterocycles. The van der Waals surface area contributed by atoms with Gasteiger partial charge in [-0.05, 0) is 25.1 Å². The molecule has 1 atom stereocenters. The van der Waals surface area contributed by atoms with E-state index in [4.69, 9.17) is 5.73 Å². The maximum atomic E-state index is 13.8. The number of halogens is 1. The molecule has 0 spiro atoms. The predicted octanol–water partition coefficient (Wildman–Crippen LogP) is 0.140. The molecule has 0 aliphatic carbocycles. The molecule has 0 bridgehead atoms. The number of benzene rings is 1. The third-order valence-electron chi connectivity index (χ3n) is 2.65. The lowest BCUT2D eigenvalue weighted by Crippen LogP contribution is -2.27. The van der Waals surface area contributed by atoms with Crippen LogP contribution in [0.15, 0.2) is 18.2 Å². The maximum absolute atomic E-state index is 13.8. The van der Waals surface area contributed by atoms with Crippen LogP contribution in [0.5, 0.6) is 0 Å². The van der Waals surface area contributed by atoms with Crippen LogP contribution < -0.4 is 11.1 Å². The Hall–Kier alpha value is -2.79. The van der Waals surface area contributed by atoms with E-state index in [0.29, 0.717) is 5.82 Å². The molecule has 7 nitrogen and oxygen atoms in total. The highest BCUT2D eigenvalue weighted by atomic mass is 19.1. The Labute approximate surface area is 120 Å². The van der Waals surface area contributed by atoms with Gasteiger partial charge >= 0.3 is 0 Å². The molecule has 0 saturated carbocycles. The van der Waals surface area contributed by atoms with Crippen molar-refractivity contribution in [1.29, 1.82) is 0 Å². The number of nitrogens with one attached hydrogen (secondary N) is 2. The lowest BCUT2D eigenvalue weighted by molar-refractivity contribution is 0.0938. The summed E-state index contributed by atoms with van der Waals surface area (Å²) in [6.45, 7) is 1.84. The Morgan fingerprint density at radius 1 is 1.57 bits per heavy atom. The van der Waals surface area contributed by atoms with Crippen molar-refractivity contribution in [2.45, 2.75) is 13.0 Å². The molecule has 1 aromatic heterocycles.